The lowest BCUT2D eigenvalue weighted by molar-refractivity contribution is 0.237. The van der Waals surface area contributed by atoms with Crippen LogP contribution in [-0.2, 0) is 0 Å². The Hall–Kier alpha value is -1.75. The quantitative estimate of drug-likeness (QED) is 0.924. The second kappa shape index (κ2) is 6.13. The average molecular weight is 271 g/mol. The topological polar surface area (TPSA) is 53.9 Å². The van der Waals surface area contributed by atoms with Gasteiger partial charge in [-0.05, 0) is 44.5 Å². The number of aromatic nitrogens is 3. The van der Waals surface area contributed by atoms with Crippen LogP contribution < -0.4 is 5.32 Å². The molecule has 1 fully saturated rings. The fourth-order valence-electron chi connectivity index (χ4n) is 2.68. The smallest absolute Gasteiger partial charge is 0.243 e. The Morgan fingerprint density at radius 1 is 1.15 bits per heavy atom. The average Bonchev–Trinajstić information content (AvgIpc) is 2.48. The van der Waals surface area contributed by atoms with Crippen LogP contribution in [0.4, 0.5) is 5.95 Å². The number of rotatable bonds is 4. The molecule has 106 valence electrons. The zero-order chi connectivity index (χ0) is 13.8. The number of hydrogen-bond acceptors (Lipinski definition) is 5. The number of benzene rings is 1. The van der Waals surface area contributed by atoms with Crippen LogP contribution in [0.15, 0.2) is 18.2 Å². The summed E-state index contributed by atoms with van der Waals surface area (Å²) in [6.07, 6.45) is 4.03. The first-order valence-electron chi connectivity index (χ1n) is 7.39. The molecule has 0 radical (unpaired) electrons. The lowest BCUT2D eigenvalue weighted by Crippen LogP contribution is -2.33. The van der Waals surface area contributed by atoms with Crippen molar-refractivity contribution in [3.8, 4) is 0 Å². The Bertz CT molecular complexity index is 577. The van der Waals surface area contributed by atoms with E-state index in [1.165, 1.54) is 32.4 Å². The molecule has 2 aromatic rings. The summed E-state index contributed by atoms with van der Waals surface area (Å²) in [6, 6.07) is 6.01. The van der Waals surface area contributed by atoms with Gasteiger partial charge in [0.15, 0.2) is 0 Å². The van der Waals surface area contributed by atoms with E-state index < -0.39 is 0 Å². The van der Waals surface area contributed by atoms with Gasteiger partial charge in [0.2, 0.25) is 5.95 Å². The van der Waals surface area contributed by atoms with Crippen LogP contribution >= 0.6 is 0 Å². The number of nitrogens with zero attached hydrogens (tertiary/aromatic N) is 4. The summed E-state index contributed by atoms with van der Waals surface area (Å²) in [6.45, 7) is 6.39. The third-order valence-corrected chi connectivity index (χ3v) is 3.85. The number of aryl methyl sites for hydroxylation is 1. The Balaban J connectivity index is 1.60. The van der Waals surface area contributed by atoms with E-state index in [-0.39, 0.29) is 0 Å². The zero-order valence-electron chi connectivity index (χ0n) is 12.0. The molecule has 0 spiro atoms. The van der Waals surface area contributed by atoms with Crippen molar-refractivity contribution in [3.63, 3.8) is 0 Å². The minimum Gasteiger partial charge on any atom is -0.352 e. The van der Waals surface area contributed by atoms with Crippen molar-refractivity contribution in [1.82, 2.24) is 20.1 Å². The van der Waals surface area contributed by atoms with Gasteiger partial charge in [0.05, 0.1) is 5.52 Å². The summed E-state index contributed by atoms with van der Waals surface area (Å²) >= 11 is 0. The number of piperidine rings is 1. The molecular formula is C15H21N5. The highest BCUT2D eigenvalue weighted by Gasteiger charge is 2.09. The molecule has 0 amide bonds. The maximum Gasteiger partial charge on any atom is 0.243 e. The number of likely N-dealkylation sites (tertiary alicyclic amines) is 1. The molecule has 0 aliphatic carbocycles. The van der Waals surface area contributed by atoms with Gasteiger partial charge in [-0.1, -0.05) is 18.6 Å². The van der Waals surface area contributed by atoms with Gasteiger partial charge in [-0.3, -0.25) is 0 Å². The van der Waals surface area contributed by atoms with Crippen LogP contribution in [0, 0.1) is 6.92 Å². The number of nitrogens with one attached hydrogen (secondary N) is 1. The van der Waals surface area contributed by atoms with Crippen molar-refractivity contribution < 1.29 is 0 Å². The number of anilines is 1. The van der Waals surface area contributed by atoms with Crippen molar-refractivity contribution >= 4 is 17.0 Å². The van der Waals surface area contributed by atoms with Gasteiger partial charge in [-0.2, -0.15) is 0 Å². The Kier molecular flexibility index (Phi) is 4.06. The van der Waals surface area contributed by atoms with E-state index in [2.05, 4.69) is 25.4 Å². The highest BCUT2D eigenvalue weighted by atomic mass is 15.2. The molecule has 5 nitrogen and oxygen atoms in total. The van der Waals surface area contributed by atoms with Crippen LogP contribution in [-0.4, -0.2) is 46.3 Å². The van der Waals surface area contributed by atoms with Gasteiger partial charge in [-0.25, -0.2) is 4.98 Å². The van der Waals surface area contributed by atoms with E-state index in [4.69, 9.17) is 0 Å². The standard InChI is InChI=1S/C15H21N5/c1-12-6-5-7-13-14(12)18-19-15(17-13)16-8-11-20-9-3-2-4-10-20/h5-7H,2-4,8-11H2,1H3,(H,16,17,19). The van der Waals surface area contributed by atoms with E-state index in [1.54, 1.807) is 0 Å². The summed E-state index contributed by atoms with van der Waals surface area (Å²) in [7, 11) is 0. The van der Waals surface area contributed by atoms with Gasteiger partial charge in [0.1, 0.15) is 5.52 Å². The fraction of sp³-hybridized carbons (Fsp3) is 0.533. The van der Waals surface area contributed by atoms with Gasteiger partial charge in [-0.15, -0.1) is 10.2 Å². The summed E-state index contributed by atoms with van der Waals surface area (Å²) in [5, 5.41) is 11.7. The molecule has 1 aromatic heterocycles. The first-order chi connectivity index (χ1) is 9.83. The predicted octanol–water partition coefficient (Wildman–Crippen LogP) is 2.23. The highest BCUT2D eigenvalue weighted by molar-refractivity contribution is 5.77. The Morgan fingerprint density at radius 3 is 2.85 bits per heavy atom. The normalized spacial score (nSPS) is 16.4. The van der Waals surface area contributed by atoms with Gasteiger partial charge < -0.3 is 10.2 Å². The molecule has 1 saturated heterocycles. The van der Waals surface area contributed by atoms with E-state index >= 15 is 0 Å². The lowest BCUT2D eigenvalue weighted by Gasteiger charge is -2.26. The largest absolute Gasteiger partial charge is 0.352 e. The summed E-state index contributed by atoms with van der Waals surface area (Å²) < 4.78 is 0. The van der Waals surface area contributed by atoms with E-state index in [0.717, 1.165) is 29.7 Å². The molecule has 0 saturated carbocycles. The molecule has 0 unspecified atom stereocenters. The van der Waals surface area contributed by atoms with Crippen molar-refractivity contribution in [1.29, 1.82) is 0 Å². The third kappa shape index (κ3) is 3.04. The van der Waals surface area contributed by atoms with Crippen molar-refractivity contribution in [2.24, 2.45) is 0 Å². The summed E-state index contributed by atoms with van der Waals surface area (Å²) in [4.78, 5) is 7.01. The molecule has 20 heavy (non-hydrogen) atoms. The molecule has 1 aromatic carbocycles. The fourth-order valence-corrected chi connectivity index (χ4v) is 2.68. The maximum absolute atomic E-state index is 4.52. The second-order valence-electron chi connectivity index (χ2n) is 5.41. The minimum atomic E-state index is 0.625. The third-order valence-electron chi connectivity index (χ3n) is 3.85. The van der Waals surface area contributed by atoms with Crippen LogP contribution in [0.2, 0.25) is 0 Å². The molecule has 0 atom stereocenters. The van der Waals surface area contributed by atoms with Crippen LogP contribution in [0.3, 0.4) is 0 Å². The molecule has 3 rings (SSSR count). The van der Waals surface area contributed by atoms with Crippen molar-refractivity contribution in [3.05, 3.63) is 23.8 Å². The number of fused-ring (bicyclic) bond motifs is 1. The Morgan fingerprint density at radius 2 is 2.00 bits per heavy atom. The van der Waals surface area contributed by atoms with Crippen LogP contribution in [0.5, 0.6) is 0 Å². The molecule has 1 aliphatic rings. The predicted molar refractivity (Wildman–Crippen MR) is 80.9 cm³/mol. The lowest BCUT2D eigenvalue weighted by atomic mass is 10.1. The molecule has 2 heterocycles. The SMILES string of the molecule is Cc1cccc2nc(NCCN3CCCCC3)nnc12. The zero-order valence-corrected chi connectivity index (χ0v) is 12.0. The molecule has 5 heteroatoms. The van der Waals surface area contributed by atoms with Crippen LogP contribution in [0.25, 0.3) is 11.0 Å². The summed E-state index contributed by atoms with van der Waals surface area (Å²) in [5.41, 5.74) is 2.90. The summed E-state index contributed by atoms with van der Waals surface area (Å²) in [5.74, 6) is 0.625. The highest BCUT2D eigenvalue weighted by Crippen LogP contribution is 2.14. The van der Waals surface area contributed by atoms with Gasteiger partial charge >= 0.3 is 0 Å². The maximum atomic E-state index is 4.52. The molecule has 1 aliphatic heterocycles. The van der Waals surface area contributed by atoms with E-state index in [9.17, 15) is 0 Å². The molecule has 0 bridgehead atoms. The molecular weight excluding hydrogens is 250 g/mol. The monoisotopic (exact) mass is 271 g/mol. The van der Waals surface area contributed by atoms with E-state index in [0.29, 0.717) is 5.95 Å². The Labute approximate surface area is 119 Å². The van der Waals surface area contributed by atoms with Crippen molar-refractivity contribution in [2.45, 2.75) is 26.2 Å². The second-order valence-corrected chi connectivity index (χ2v) is 5.41. The van der Waals surface area contributed by atoms with Crippen molar-refractivity contribution in [2.75, 3.05) is 31.5 Å². The number of hydrogen-bond donors (Lipinski definition) is 1. The first kappa shape index (κ1) is 13.2. The van der Waals surface area contributed by atoms with Gasteiger partial charge in [0.25, 0.3) is 0 Å². The van der Waals surface area contributed by atoms with E-state index in [1.807, 2.05) is 25.1 Å². The molecule has 1 N–H and O–H groups in total. The van der Waals surface area contributed by atoms with Crippen LogP contribution in [0.1, 0.15) is 24.8 Å². The van der Waals surface area contributed by atoms with Gasteiger partial charge in [0, 0.05) is 13.1 Å². The minimum absolute atomic E-state index is 0.625. The first-order valence-corrected chi connectivity index (χ1v) is 7.39.